The normalized spacial score (nSPS) is 10.5. The molecule has 3 rings (SSSR count). The summed E-state index contributed by atoms with van der Waals surface area (Å²) in [5.41, 5.74) is 0.922. The molecule has 3 nitrogen and oxygen atoms in total. The van der Waals surface area contributed by atoms with E-state index in [0.717, 1.165) is 35.2 Å². The fraction of sp³-hybridized carbons (Fsp3) is 0.211. The molecule has 22 heavy (non-hydrogen) atoms. The third kappa shape index (κ3) is 3.76. The fourth-order valence-electron chi connectivity index (χ4n) is 2.29. The van der Waals surface area contributed by atoms with Gasteiger partial charge in [0.2, 0.25) is 0 Å². The number of rotatable bonds is 7. The van der Waals surface area contributed by atoms with Crippen LogP contribution in [-0.2, 0) is 0 Å². The molecular weight excluding hydrogens is 274 g/mol. The van der Waals surface area contributed by atoms with Crippen LogP contribution in [-0.4, -0.2) is 18.2 Å². The van der Waals surface area contributed by atoms with Gasteiger partial charge in [-0.2, -0.15) is 0 Å². The van der Waals surface area contributed by atoms with Gasteiger partial charge in [0.05, 0.1) is 13.2 Å². The Hall–Kier alpha value is -2.55. The van der Waals surface area contributed by atoms with Gasteiger partial charge in [0, 0.05) is 11.6 Å². The van der Waals surface area contributed by atoms with Gasteiger partial charge in [-0.3, -0.25) is 4.98 Å². The third-order valence-corrected chi connectivity index (χ3v) is 3.40. The maximum Gasteiger partial charge on any atom is 0.145 e. The van der Waals surface area contributed by atoms with Crippen LogP contribution in [0.15, 0.2) is 66.9 Å². The van der Waals surface area contributed by atoms with Crippen LogP contribution in [0.25, 0.3) is 10.9 Å². The summed E-state index contributed by atoms with van der Waals surface area (Å²) in [6, 6.07) is 19.9. The summed E-state index contributed by atoms with van der Waals surface area (Å²) < 4.78 is 11.5. The summed E-state index contributed by atoms with van der Waals surface area (Å²) >= 11 is 0. The molecule has 3 aromatic rings. The second-order valence-electron chi connectivity index (χ2n) is 5.05. The highest BCUT2D eigenvalue weighted by molar-refractivity contribution is 5.84. The quantitative estimate of drug-likeness (QED) is 0.602. The molecule has 0 aliphatic heterocycles. The Morgan fingerprint density at radius 2 is 1.50 bits per heavy atom. The molecule has 0 atom stereocenters. The average molecular weight is 293 g/mol. The Labute approximate surface area is 130 Å². The minimum atomic E-state index is 0.674. The number of para-hydroxylation sites is 2. The van der Waals surface area contributed by atoms with Crippen molar-refractivity contribution in [1.82, 2.24) is 4.98 Å². The van der Waals surface area contributed by atoms with E-state index in [1.54, 1.807) is 6.20 Å². The number of benzene rings is 2. The topological polar surface area (TPSA) is 31.4 Å². The second kappa shape index (κ2) is 7.46. The van der Waals surface area contributed by atoms with Crippen LogP contribution >= 0.6 is 0 Å². The van der Waals surface area contributed by atoms with Crippen LogP contribution in [0.1, 0.15) is 12.8 Å². The van der Waals surface area contributed by atoms with Gasteiger partial charge in [0.1, 0.15) is 17.0 Å². The lowest BCUT2D eigenvalue weighted by Crippen LogP contribution is -2.03. The van der Waals surface area contributed by atoms with E-state index in [2.05, 4.69) is 4.98 Å². The van der Waals surface area contributed by atoms with Crippen molar-refractivity contribution >= 4 is 10.9 Å². The average Bonchev–Trinajstić information content (AvgIpc) is 2.59. The van der Waals surface area contributed by atoms with Crippen molar-refractivity contribution in [2.45, 2.75) is 12.8 Å². The molecule has 0 N–H and O–H groups in total. The van der Waals surface area contributed by atoms with Crippen molar-refractivity contribution in [2.24, 2.45) is 0 Å². The van der Waals surface area contributed by atoms with E-state index in [1.807, 2.05) is 60.7 Å². The van der Waals surface area contributed by atoms with Crippen molar-refractivity contribution in [3.05, 3.63) is 66.9 Å². The maximum absolute atomic E-state index is 5.85. The summed E-state index contributed by atoms with van der Waals surface area (Å²) in [6.45, 7) is 1.38. The highest BCUT2D eigenvalue weighted by atomic mass is 16.5. The fourth-order valence-corrected chi connectivity index (χ4v) is 2.29. The molecule has 0 amide bonds. The van der Waals surface area contributed by atoms with Crippen molar-refractivity contribution < 1.29 is 9.47 Å². The van der Waals surface area contributed by atoms with E-state index in [1.165, 1.54) is 0 Å². The first-order chi connectivity index (χ1) is 10.9. The predicted molar refractivity (Wildman–Crippen MR) is 88.4 cm³/mol. The van der Waals surface area contributed by atoms with Gasteiger partial charge >= 0.3 is 0 Å². The van der Waals surface area contributed by atoms with E-state index >= 15 is 0 Å². The minimum absolute atomic E-state index is 0.674. The van der Waals surface area contributed by atoms with Crippen molar-refractivity contribution in [1.29, 1.82) is 0 Å². The highest BCUT2D eigenvalue weighted by Gasteiger charge is 2.02. The Kier molecular flexibility index (Phi) is 4.88. The molecule has 2 aromatic carbocycles. The molecule has 0 saturated carbocycles. The SMILES string of the molecule is c1ccc(OCCCCOc2cccc3cccnc23)cc1. The summed E-state index contributed by atoms with van der Waals surface area (Å²) in [7, 11) is 0. The predicted octanol–water partition coefficient (Wildman–Crippen LogP) is 4.47. The van der Waals surface area contributed by atoms with E-state index < -0.39 is 0 Å². The summed E-state index contributed by atoms with van der Waals surface area (Å²) in [6.07, 6.45) is 3.71. The molecule has 0 aliphatic rings. The number of unbranched alkanes of at least 4 members (excludes halogenated alkanes) is 1. The maximum atomic E-state index is 5.85. The molecule has 112 valence electrons. The van der Waals surface area contributed by atoms with Crippen LogP contribution in [0.4, 0.5) is 0 Å². The van der Waals surface area contributed by atoms with Crippen molar-refractivity contribution in [3.63, 3.8) is 0 Å². The first kappa shape index (κ1) is 14.4. The highest BCUT2D eigenvalue weighted by Crippen LogP contribution is 2.23. The number of ether oxygens (including phenoxy) is 2. The molecule has 0 unspecified atom stereocenters. The van der Waals surface area contributed by atoms with Crippen molar-refractivity contribution in [2.75, 3.05) is 13.2 Å². The molecule has 0 saturated heterocycles. The largest absolute Gasteiger partial charge is 0.494 e. The lowest BCUT2D eigenvalue weighted by atomic mass is 10.2. The monoisotopic (exact) mass is 293 g/mol. The smallest absolute Gasteiger partial charge is 0.145 e. The molecule has 3 heteroatoms. The Morgan fingerprint density at radius 1 is 0.727 bits per heavy atom. The Balaban J connectivity index is 1.43. The van der Waals surface area contributed by atoms with E-state index in [0.29, 0.717) is 13.2 Å². The minimum Gasteiger partial charge on any atom is -0.494 e. The number of nitrogens with zero attached hydrogens (tertiary/aromatic N) is 1. The van der Waals surface area contributed by atoms with Gasteiger partial charge < -0.3 is 9.47 Å². The number of hydrogen-bond acceptors (Lipinski definition) is 3. The van der Waals surface area contributed by atoms with Gasteiger partial charge in [0.25, 0.3) is 0 Å². The van der Waals surface area contributed by atoms with Crippen LogP contribution in [0.2, 0.25) is 0 Å². The first-order valence-corrected chi connectivity index (χ1v) is 7.58. The molecule has 0 aliphatic carbocycles. The van der Waals surface area contributed by atoms with Crippen LogP contribution in [0, 0.1) is 0 Å². The van der Waals surface area contributed by atoms with Crippen LogP contribution in [0.5, 0.6) is 11.5 Å². The number of pyridine rings is 1. The zero-order chi connectivity index (χ0) is 15.0. The molecular formula is C19H19NO2. The number of aromatic nitrogens is 1. The molecule has 0 bridgehead atoms. The molecule has 0 fully saturated rings. The number of hydrogen-bond donors (Lipinski definition) is 0. The first-order valence-electron chi connectivity index (χ1n) is 7.58. The van der Waals surface area contributed by atoms with E-state index in [4.69, 9.17) is 9.47 Å². The Morgan fingerprint density at radius 3 is 2.36 bits per heavy atom. The summed E-state index contributed by atoms with van der Waals surface area (Å²) in [5, 5.41) is 1.10. The van der Waals surface area contributed by atoms with Crippen LogP contribution in [0.3, 0.4) is 0 Å². The van der Waals surface area contributed by atoms with Gasteiger partial charge in [-0.25, -0.2) is 0 Å². The Bertz CT molecular complexity index is 707. The molecule has 0 spiro atoms. The zero-order valence-corrected chi connectivity index (χ0v) is 12.4. The summed E-state index contributed by atoms with van der Waals surface area (Å²) in [4.78, 5) is 4.39. The molecule has 0 radical (unpaired) electrons. The van der Waals surface area contributed by atoms with Crippen molar-refractivity contribution in [3.8, 4) is 11.5 Å². The number of fused-ring (bicyclic) bond motifs is 1. The van der Waals surface area contributed by atoms with Gasteiger partial charge in [-0.05, 0) is 37.1 Å². The molecule has 1 aromatic heterocycles. The summed E-state index contributed by atoms with van der Waals surface area (Å²) in [5.74, 6) is 1.77. The third-order valence-electron chi connectivity index (χ3n) is 3.40. The van der Waals surface area contributed by atoms with Crippen LogP contribution < -0.4 is 9.47 Å². The van der Waals surface area contributed by atoms with Gasteiger partial charge in [0.15, 0.2) is 0 Å². The van der Waals surface area contributed by atoms with Gasteiger partial charge in [-0.15, -0.1) is 0 Å². The second-order valence-corrected chi connectivity index (χ2v) is 5.05. The standard InChI is InChI=1S/C19H19NO2/c1-2-10-17(11-3-1)21-14-4-5-15-22-18-12-6-8-16-9-7-13-20-19(16)18/h1-3,6-13H,4-5,14-15H2. The van der Waals surface area contributed by atoms with E-state index in [9.17, 15) is 0 Å². The molecule has 1 heterocycles. The lowest BCUT2D eigenvalue weighted by Gasteiger charge is -2.09. The van der Waals surface area contributed by atoms with Gasteiger partial charge in [-0.1, -0.05) is 36.4 Å². The lowest BCUT2D eigenvalue weighted by molar-refractivity contribution is 0.268. The van der Waals surface area contributed by atoms with E-state index in [-0.39, 0.29) is 0 Å². The zero-order valence-electron chi connectivity index (χ0n) is 12.4.